The Morgan fingerprint density at radius 1 is 0.929 bits per heavy atom. The summed E-state index contributed by atoms with van der Waals surface area (Å²) in [5, 5.41) is -0.270. The van der Waals surface area contributed by atoms with Crippen LogP contribution in [0.2, 0.25) is 49.9 Å². The number of allylic oxidation sites excluding steroid dienone is 2. The highest BCUT2D eigenvalue weighted by atomic mass is 28.3. The molecule has 1 saturated carbocycles. The molecule has 6 heteroatoms. The normalized spacial score (nSPS) is 36.3. The number of hydrogen-bond donors (Lipinski definition) is 0. The molecular weight excluding hydrogens is 384 g/mol. The third kappa shape index (κ3) is 2.16. The molecule has 4 unspecified atom stereocenters. The van der Waals surface area contributed by atoms with Gasteiger partial charge in [-0.05, 0) is 36.6 Å². The van der Waals surface area contributed by atoms with Crippen molar-refractivity contribution in [2.24, 2.45) is 17.8 Å². The predicted octanol–water partition coefficient (Wildman–Crippen LogP) is 4.79. The van der Waals surface area contributed by atoms with Crippen LogP contribution in [0.3, 0.4) is 0 Å². The van der Waals surface area contributed by atoms with Crippen LogP contribution in [-0.2, 0) is 19.1 Å². The number of methoxy groups -OCH3 is 2. The molecule has 28 heavy (non-hydrogen) atoms. The molecule has 4 nitrogen and oxygen atoms in total. The summed E-state index contributed by atoms with van der Waals surface area (Å²) < 4.78 is 10.6. The van der Waals surface area contributed by atoms with E-state index in [1.54, 1.807) is 11.1 Å². The number of fused-ring (bicyclic) bond motifs is 8. The number of carbonyl (C=O) groups is 2. The maximum absolute atomic E-state index is 13.3. The van der Waals surface area contributed by atoms with Gasteiger partial charge in [-0.2, -0.15) is 0 Å². The van der Waals surface area contributed by atoms with E-state index < -0.39 is 16.1 Å². The van der Waals surface area contributed by atoms with Gasteiger partial charge in [0, 0.05) is 19.0 Å². The highest BCUT2D eigenvalue weighted by Gasteiger charge is 2.75. The van der Waals surface area contributed by atoms with E-state index in [1.807, 2.05) is 0 Å². The van der Waals surface area contributed by atoms with Crippen LogP contribution in [0, 0.1) is 17.8 Å². The zero-order chi connectivity index (χ0) is 20.8. The van der Waals surface area contributed by atoms with E-state index in [0.29, 0.717) is 28.5 Å². The van der Waals surface area contributed by atoms with E-state index in [4.69, 9.17) is 9.47 Å². The van der Waals surface area contributed by atoms with Crippen LogP contribution in [0.15, 0.2) is 22.3 Å². The lowest BCUT2D eigenvalue weighted by molar-refractivity contribution is -0.139. The van der Waals surface area contributed by atoms with E-state index in [-0.39, 0.29) is 22.9 Å². The molecule has 0 spiro atoms. The summed E-state index contributed by atoms with van der Waals surface area (Å²) in [5.41, 5.74) is 4.82. The fourth-order valence-electron chi connectivity index (χ4n) is 7.64. The summed E-state index contributed by atoms with van der Waals surface area (Å²) in [7, 11) is -0.800. The summed E-state index contributed by atoms with van der Waals surface area (Å²) in [4.78, 5) is 26.4. The first kappa shape index (κ1) is 20.1. The summed E-state index contributed by atoms with van der Waals surface area (Å²) >= 11 is 0. The molecule has 0 aromatic carbocycles. The Balaban J connectivity index is 2.11. The van der Waals surface area contributed by atoms with Crippen LogP contribution < -0.4 is 0 Å². The van der Waals surface area contributed by atoms with Crippen molar-refractivity contribution in [3.8, 4) is 0 Å². The van der Waals surface area contributed by atoms with Crippen molar-refractivity contribution in [1.29, 1.82) is 0 Å². The maximum atomic E-state index is 13.3. The van der Waals surface area contributed by atoms with Gasteiger partial charge >= 0.3 is 11.9 Å². The Bertz CT molecular complexity index is 826. The SMILES string of the molecule is COC(=O)C1=C(C(=O)OC)[C@@]2([Si](C)(C)C)C3=C(C4CCC3C4)C1C2[Si](C)(C)C. The van der Waals surface area contributed by atoms with E-state index in [9.17, 15) is 9.59 Å². The van der Waals surface area contributed by atoms with Crippen molar-refractivity contribution in [2.45, 2.75) is 69.1 Å². The molecule has 0 amide bonds. The van der Waals surface area contributed by atoms with Gasteiger partial charge in [0.15, 0.2) is 0 Å². The van der Waals surface area contributed by atoms with Crippen molar-refractivity contribution in [3.05, 3.63) is 22.3 Å². The molecule has 4 aliphatic carbocycles. The first-order valence-electron chi connectivity index (χ1n) is 10.6. The minimum atomic E-state index is -1.96. The van der Waals surface area contributed by atoms with Gasteiger partial charge in [0.05, 0.1) is 33.4 Å². The Morgan fingerprint density at radius 3 is 2.00 bits per heavy atom. The molecule has 4 bridgehead atoms. The fourth-order valence-corrected chi connectivity index (χ4v) is 16.4. The van der Waals surface area contributed by atoms with Gasteiger partial charge in [0.2, 0.25) is 0 Å². The average Bonchev–Trinajstić information content (AvgIpc) is 3.32. The van der Waals surface area contributed by atoms with E-state index in [1.165, 1.54) is 33.5 Å². The lowest BCUT2D eigenvalue weighted by atomic mass is 9.78. The summed E-state index contributed by atoms with van der Waals surface area (Å²) in [5.74, 6) is 0.645. The summed E-state index contributed by atoms with van der Waals surface area (Å²) in [6.07, 6.45) is 3.69. The monoisotopic (exact) mass is 418 g/mol. The predicted molar refractivity (Wildman–Crippen MR) is 116 cm³/mol. The fraction of sp³-hybridized carbons (Fsp3) is 0.727. The number of ether oxygens (including phenoxy) is 2. The number of rotatable bonds is 4. The third-order valence-electron chi connectivity index (χ3n) is 8.04. The molecule has 4 aliphatic rings. The van der Waals surface area contributed by atoms with Crippen molar-refractivity contribution in [2.75, 3.05) is 14.2 Å². The standard InChI is InChI=1S/C22H34O4Si2/c1-25-20(23)16-15-14-12-9-10-13(11-12)17(14)22(28(6,7)8,18(16)21(24)26-2)19(15)27(3,4)5/h12-13,15,19H,9-11H2,1-8H3/t12?,13?,15?,19?,22-/m0/s1. The Kier molecular flexibility index (Phi) is 4.27. The Hall–Kier alpha value is -1.15. The molecule has 0 saturated heterocycles. The van der Waals surface area contributed by atoms with Crippen LogP contribution in [0.25, 0.3) is 0 Å². The molecule has 5 atom stereocenters. The van der Waals surface area contributed by atoms with Crippen molar-refractivity contribution < 1.29 is 19.1 Å². The molecule has 154 valence electrons. The van der Waals surface area contributed by atoms with Gasteiger partial charge in [0.1, 0.15) is 0 Å². The van der Waals surface area contributed by atoms with Crippen LogP contribution in [0.4, 0.5) is 0 Å². The lowest BCUT2D eigenvalue weighted by Gasteiger charge is -2.51. The van der Waals surface area contributed by atoms with Gasteiger partial charge < -0.3 is 9.47 Å². The molecule has 4 rings (SSSR count). The molecule has 0 radical (unpaired) electrons. The highest BCUT2D eigenvalue weighted by molar-refractivity contribution is 6.87. The molecule has 0 aliphatic heterocycles. The Labute approximate surface area is 170 Å². The van der Waals surface area contributed by atoms with Crippen LogP contribution in [0.1, 0.15) is 19.3 Å². The summed E-state index contributed by atoms with van der Waals surface area (Å²) in [6, 6.07) is 0. The number of esters is 2. The minimum Gasteiger partial charge on any atom is -0.466 e. The van der Waals surface area contributed by atoms with Crippen molar-refractivity contribution in [3.63, 3.8) is 0 Å². The van der Waals surface area contributed by atoms with Gasteiger partial charge in [0.25, 0.3) is 0 Å². The molecule has 0 N–H and O–H groups in total. The van der Waals surface area contributed by atoms with Crippen molar-refractivity contribution >= 4 is 28.1 Å². The van der Waals surface area contributed by atoms with E-state index >= 15 is 0 Å². The molecule has 0 aromatic heterocycles. The van der Waals surface area contributed by atoms with Crippen LogP contribution in [-0.4, -0.2) is 42.3 Å². The van der Waals surface area contributed by atoms with Gasteiger partial charge in [-0.3, -0.25) is 0 Å². The zero-order valence-corrected chi connectivity index (χ0v) is 20.6. The van der Waals surface area contributed by atoms with Gasteiger partial charge in [-0.1, -0.05) is 50.4 Å². The third-order valence-corrected chi connectivity index (χ3v) is 14.2. The Morgan fingerprint density at radius 2 is 1.50 bits per heavy atom. The molecule has 1 fully saturated rings. The maximum Gasteiger partial charge on any atom is 0.334 e. The largest absolute Gasteiger partial charge is 0.466 e. The first-order chi connectivity index (χ1) is 12.9. The number of carbonyl (C=O) groups excluding carboxylic acids is 2. The second kappa shape index (κ2) is 5.94. The van der Waals surface area contributed by atoms with Gasteiger partial charge in [-0.25, -0.2) is 9.59 Å². The second-order valence-corrected chi connectivity index (χ2v) is 21.9. The first-order valence-corrected chi connectivity index (χ1v) is 17.7. The van der Waals surface area contributed by atoms with Crippen LogP contribution in [0.5, 0.6) is 0 Å². The lowest BCUT2D eigenvalue weighted by Crippen LogP contribution is -2.50. The topological polar surface area (TPSA) is 52.6 Å². The summed E-state index contributed by atoms with van der Waals surface area (Å²) in [6.45, 7) is 14.4. The van der Waals surface area contributed by atoms with Crippen molar-refractivity contribution in [1.82, 2.24) is 0 Å². The quantitative estimate of drug-likeness (QED) is 0.285. The molecule has 0 heterocycles. The van der Waals surface area contributed by atoms with E-state index in [2.05, 4.69) is 39.3 Å². The number of hydrogen-bond acceptors (Lipinski definition) is 4. The highest BCUT2D eigenvalue weighted by Crippen LogP contribution is 2.82. The van der Waals surface area contributed by atoms with Gasteiger partial charge in [-0.15, -0.1) is 0 Å². The smallest absolute Gasteiger partial charge is 0.334 e. The molecular formula is C22H34O4Si2. The average molecular weight is 419 g/mol. The van der Waals surface area contributed by atoms with E-state index in [0.717, 1.165) is 0 Å². The minimum absolute atomic E-state index is 0.0743. The van der Waals surface area contributed by atoms with Crippen LogP contribution >= 0.6 is 0 Å². The molecule has 0 aromatic rings. The second-order valence-electron chi connectivity index (χ2n) is 11.2. The zero-order valence-electron chi connectivity index (χ0n) is 18.6.